The molecule has 1 aliphatic carbocycles. The van der Waals surface area contributed by atoms with E-state index < -0.39 is 0 Å². The highest BCUT2D eigenvalue weighted by molar-refractivity contribution is 5.83. The first-order valence-corrected chi connectivity index (χ1v) is 9.46. The van der Waals surface area contributed by atoms with Gasteiger partial charge in [-0.3, -0.25) is 9.59 Å². The number of aromatic nitrogens is 2. The van der Waals surface area contributed by atoms with Crippen molar-refractivity contribution in [2.45, 2.75) is 63.6 Å². The number of benzene rings is 1. The summed E-state index contributed by atoms with van der Waals surface area (Å²) in [4.78, 5) is 25.1. The molecule has 138 valence electrons. The molecule has 1 amide bonds. The zero-order chi connectivity index (χ0) is 18.1. The molecule has 2 aromatic rings. The van der Waals surface area contributed by atoms with Crippen molar-refractivity contribution in [3.05, 3.63) is 40.3 Å². The Morgan fingerprint density at radius 1 is 1.27 bits per heavy atom. The van der Waals surface area contributed by atoms with Crippen molar-refractivity contribution in [2.75, 3.05) is 6.61 Å². The summed E-state index contributed by atoms with van der Waals surface area (Å²) in [5.41, 5.74) is 0.483. The lowest BCUT2D eigenvalue weighted by Crippen LogP contribution is -2.41. The van der Waals surface area contributed by atoms with Crippen LogP contribution in [0.2, 0.25) is 0 Å². The Morgan fingerprint density at radius 2 is 2.00 bits per heavy atom. The average molecular weight is 355 g/mol. The summed E-state index contributed by atoms with van der Waals surface area (Å²) >= 11 is 0. The van der Waals surface area contributed by atoms with Gasteiger partial charge in [-0.25, -0.2) is 4.68 Å². The zero-order valence-electron chi connectivity index (χ0n) is 15.2. The van der Waals surface area contributed by atoms with Crippen LogP contribution in [0.5, 0.6) is 0 Å². The summed E-state index contributed by atoms with van der Waals surface area (Å²) in [5, 5.41) is 8.77. The number of aryl methyl sites for hydroxylation is 1. The van der Waals surface area contributed by atoms with Gasteiger partial charge in [0.2, 0.25) is 5.91 Å². The molecule has 2 fully saturated rings. The number of fused-ring (bicyclic) bond motifs is 1. The summed E-state index contributed by atoms with van der Waals surface area (Å²) in [6.07, 6.45) is 6.73. The molecule has 1 atom stereocenters. The molecule has 4 rings (SSSR count). The van der Waals surface area contributed by atoms with Crippen molar-refractivity contribution >= 4 is 16.7 Å². The summed E-state index contributed by atoms with van der Waals surface area (Å²) in [5.74, 6) is -0.184. The molecule has 26 heavy (non-hydrogen) atoms. The fourth-order valence-electron chi connectivity index (χ4n) is 4.40. The lowest BCUT2D eigenvalue weighted by Gasteiger charge is -2.32. The van der Waals surface area contributed by atoms with Gasteiger partial charge in [0.25, 0.3) is 5.56 Å². The standard InChI is InChI=1S/C20H25N3O3/c1-14-16-7-3-4-8-17(16)19(25)23(22-14)12-18(24)21-15-11-20(26-13-15)9-5-2-6-10-20/h3-4,7-8,15H,2,5-6,9-13H2,1H3,(H,21,24)/t15-/m1/s1. The van der Waals surface area contributed by atoms with Gasteiger partial charge >= 0.3 is 0 Å². The molecule has 0 radical (unpaired) electrons. The maximum atomic E-state index is 12.6. The van der Waals surface area contributed by atoms with Crippen LogP contribution in [0.3, 0.4) is 0 Å². The van der Waals surface area contributed by atoms with E-state index in [9.17, 15) is 9.59 Å². The second kappa shape index (κ2) is 6.83. The van der Waals surface area contributed by atoms with Crippen LogP contribution in [-0.4, -0.2) is 33.9 Å². The number of nitrogens with zero attached hydrogens (tertiary/aromatic N) is 2. The normalized spacial score (nSPS) is 22.0. The SMILES string of the molecule is Cc1nn(CC(=O)N[C@H]2COC3(CCCCC3)C2)c(=O)c2ccccc12. The number of carbonyl (C=O) groups is 1. The Hall–Kier alpha value is -2.21. The minimum Gasteiger partial charge on any atom is -0.373 e. The topological polar surface area (TPSA) is 73.2 Å². The van der Waals surface area contributed by atoms with Gasteiger partial charge in [0.15, 0.2) is 0 Å². The van der Waals surface area contributed by atoms with Gasteiger partial charge in [-0.1, -0.05) is 37.5 Å². The van der Waals surface area contributed by atoms with Gasteiger partial charge in [-0.15, -0.1) is 0 Å². The summed E-state index contributed by atoms with van der Waals surface area (Å²) in [7, 11) is 0. The van der Waals surface area contributed by atoms with Crippen molar-refractivity contribution in [1.82, 2.24) is 15.1 Å². The summed E-state index contributed by atoms with van der Waals surface area (Å²) in [6.45, 7) is 2.35. The molecule has 1 aromatic heterocycles. The Morgan fingerprint density at radius 3 is 2.77 bits per heavy atom. The molecule has 6 nitrogen and oxygen atoms in total. The smallest absolute Gasteiger partial charge is 0.275 e. The lowest BCUT2D eigenvalue weighted by atomic mass is 9.82. The third kappa shape index (κ3) is 3.26. The molecule has 2 heterocycles. The van der Waals surface area contributed by atoms with Gasteiger partial charge in [-0.05, 0) is 32.3 Å². The van der Waals surface area contributed by atoms with Crippen LogP contribution in [0.1, 0.15) is 44.2 Å². The Balaban J connectivity index is 1.45. The van der Waals surface area contributed by atoms with Crippen LogP contribution in [0.25, 0.3) is 10.8 Å². The minimum atomic E-state index is -0.229. The van der Waals surface area contributed by atoms with Crippen molar-refractivity contribution in [3.8, 4) is 0 Å². The van der Waals surface area contributed by atoms with Crippen molar-refractivity contribution in [3.63, 3.8) is 0 Å². The Bertz CT molecular complexity index is 883. The van der Waals surface area contributed by atoms with Gasteiger partial charge < -0.3 is 10.1 Å². The van der Waals surface area contributed by atoms with Crippen LogP contribution in [0.15, 0.2) is 29.1 Å². The molecule has 2 aliphatic rings. The van der Waals surface area contributed by atoms with Crippen LogP contribution in [0, 0.1) is 6.92 Å². The lowest BCUT2D eigenvalue weighted by molar-refractivity contribution is -0.122. The van der Waals surface area contributed by atoms with Crippen LogP contribution in [-0.2, 0) is 16.1 Å². The summed E-state index contributed by atoms with van der Waals surface area (Å²) in [6, 6.07) is 7.39. The number of rotatable bonds is 3. The molecule has 1 spiro atoms. The minimum absolute atomic E-state index is 0.0258. The monoisotopic (exact) mass is 355 g/mol. The Kier molecular flexibility index (Phi) is 4.53. The number of carbonyl (C=O) groups excluding carboxylic acids is 1. The van der Waals surface area contributed by atoms with Crippen molar-refractivity contribution < 1.29 is 9.53 Å². The second-order valence-electron chi connectivity index (χ2n) is 7.62. The first-order chi connectivity index (χ1) is 12.6. The summed E-state index contributed by atoms with van der Waals surface area (Å²) < 4.78 is 7.31. The number of ether oxygens (including phenoxy) is 1. The molecule has 1 N–H and O–H groups in total. The predicted molar refractivity (Wildman–Crippen MR) is 99.1 cm³/mol. The van der Waals surface area contributed by atoms with Crippen LogP contribution < -0.4 is 10.9 Å². The first-order valence-electron chi connectivity index (χ1n) is 9.46. The molecule has 6 heteroatoms. The highest BCUT2D eigenvalue weighted by Crippen LogP contribution is 2.39. The third-order valence-corrected chi connectivity index (χ3v) is 5.68. The molecule has 1 saturated carbocycles. The number of hydrogen-bond acceptors (Lipinski definition) is 4. The van der Waals surface area contributed by atoms with Gasteiger partial charge in [-0.2, -0.15) is 5.10 Å². The van der Waals surface area contributed by atoms with E-state index in [0.717, 1.165) is 30.3 Å². The average Bonchev–Trinajstić information content (AvgIpc) is 3.01. The van der Waals surface area contributed by atoms with Gasteiger partial charge in [0.05, 0.1) is 29.3 Å². The van der Waals surface area contributed by atoms with Crippen LogP contribution >= 0.6 is 0 Å². The molecular weight excluding hydrogens is 330 g/mol. The fourth-order valence-corrected chi connectivity index (χ4v) is 4.40. The third-order valence-electron chi connectivity index (χ3n) is 5.68. The maximum absolute atomic E-state index is 12.6. The van der Waals surface area contributed by atoms with E-state index in [2.05, 4.69) is 10.4 Å². The highest BCUT2D eigenvalue weighted by Gasteiger charge is 2.41. The van der Waals surface area contributed by atoms with E-state index in [-0.39, 0.29) is 29.7 Å². The maximum Gasteiger partial charge on any atom is 0.275 e. The molecular formula is C20H25N3O3. The fraction of sp³-hybridized carbons (Fsp3) is 0.550. The van der Waals surface area contributed by atoms with E-state index in [1.54, 1.807) is 6.07 Å². The van der Waals surface area contributed by atoms with Crippen molar-refractivity contribution in [1.29, 1.82) is 0 Å². The first kappa shape index (κ1) is 17.2. The Labute approximate surface area is 152 Å². The van der Waals surface area contributed by atoms with Gasteiger partial charge in [0.1, 0.15) is 6.54 Å². The number of amides is 1. The van der Waals surface area contributed by atoms with E-state index in [1.165, 1.54) is 23.9 Å². The number of hydrogen-bond donors (Lipinski definition) is 1. The molecule has 1 saturated heterocycles. The van der Waals surface area contributed by atoms with Crippen LogP contribution in [0.4, 0.5) is 0 Å². The number of nitrogens with one attached hydrogen (secondary N) is 1. The van der Waals surface area contributed by atoms with E-state index in [4.69, 9.17) is 4.74 Å². The molecule has 1 aliphatic heterocycles. The quantitative estimate of drug-likeness (QED) is 0.917. The van der Waals surface area contributed by atoms with Crippen molar-refractivity contribution in [2.24, 2.45) is 0 Å². The van der Waals surface area contributed by atoms with E-state index >= 15 is 0 Å². The molecule has 0 bridgehead atoms. The zero-order valence-corrected chi connectivity index (χ0v) is 15.2. The van der Waals surface area contributed by atoms with E-state index in [0.29, 0.717) is 12.0 Å². The molecule has 0 unspecified atom stereocenters. The second-order valence-corrected chi connectivity index (χ2v) is 7.62. The highest BCUT2D eigenvalue weighted by atomic mass is 16.5. The molecule has 1 aromatic carbocycles. The van der Waals surface area contributed by atoms with Gasteiger partial charge in [0, 0.05) is 5.39 Å². The largest absolute Gasteiger partial charge is 0.373 e. The van der Waals surface area contributed by atoms with E-state index in [1.807, 2.05) is 25.1 Å². The predicted octanol–water partition coefficient (Wildman–Crippen LogP) is 2.31.